The largest absolute Gasteiger partial charge is 0.433 e. The topological polar surface area (TPSA) is 65.8 Å². The number of hydrogen-bond acceptors (Lipinski definition) is 3. The highest BCUT2D eigenvalue weighted by molar-refractivity contribution is 6.33. The lowest BCUT2D eigenvalue weighted by atomic mass is 9.99. The summed E-state index contributed by atoms with van der Waals surface area (Å²) in [5.74, 6) is -0.388. The molecule has 0 atom stereocenters. The van der Waals surface area contributed by atoms with Crippen molar-refractivity contribution in [3.63, 3.8) is 0 Å². The van der Waals surface area contributed by atoms with E-state index in [1.807, 2.05) is 0 Å². The molecular formula is C15H9ClF3N3O. The lowest BCUT2D eigenvalue weighted by molar-refractivity contribution is -0.141. The number of hydrogen-bond donors (Lipinski definition) is 1. The normalized spacial score (nSPS) is 11.0. The first-order valence-electron chi connectivity index (χ1n) is 6.27. The van der Waals surface area contributed by atoms with E-state index in [0.717, 1.165) is 6.20 Å². The van der Waals surface area contributed by atoms with Gasteiger partial charge in [0.05, 0.1) is 11.6 Å². The maximum absolute atomic E-state index is 12.7. The molecule has 8 heteroatoms. The van der Waals surface area contributed by atoms with Gasteiger partial charge in [-0.05, 0) is 24.3 Å². The van der Waals surface area contributed by atoms with Gasteiger partial charge in [0.15, 0.2) is 0 Å². The van der Waals surface area contributed by atoms with Gasteiger partial charge in [0.25, 0.3) is 5.91 Å². The molecule has 23 heavy (non-hydrogen) atoms. The van der Waals surface area contributed by atoms with E-state index in [9.17, 15) is 18.0 Å². The van der Waals surface area contributed by atoms with Crippen molar-refractivity contribution in [1.29, 1.82) is 5.26 Å². The van der Waals surface area contributed by atoms with Crippen LogP contribution in [0.1, 0.15) is 21.6 Å². The number of amides is 1. The van der Waals surface area contributed by atoms with Gasteiger partial charge in [0.1, 0.15) is 5.69 Å². The molecule has 0 spiro atoms. The number of halogens is 4. The van der Waals surface area contributed by atoms with E-state index in [4.69, 9.17) is 16.9 Å². The van der Waals surface area contributed by atoms with Crippen molar-refractivity contribution in [3.8, 4) is 17.2 Å². The molecule has 1 amide bonds. The zero-order valence-electron chi connectivity index (χ0n) is 11.7. The van der Waals surface area contributed by atoms with E-state index in [0.29, 0.717) is 6.07 Å². The predicted octanol–water partition coefficient (Wildman–Crippen LogP) is 3.65. The summed E-state index contributed by atoms with van der Waals surface area (Å²) in [5, 5.41) is 11.7. The first-order chi connectivity index (χ1) is 10.8. The summed E-state index contributed by atoms with van der Waals surface area (Å²) in [6.45, 7) is 0. The van der Waals surface area contributed by atoms with Gasteiger partial charge in [-0.1, -0.05) is 11.6 Å². The quantitative estimate of drug-likeness (QED) is 0.908. The van der Waals surface area contributed by atoms with Gasteiger partial charge in [0, 0.05) is 35.0 Å². The zero-order valence-corrected chi connectivity index (χ0v) is 12.5. The molecule has 0 bridgehead atoms. The molecule has 0 aliphatic heterocycles. The minimum absolute atomic E-state index is 0.122. The Morgan fingerprint density at radius 1 is 1.30 bits per heavy atom. The van der Waals surface area contributed by atoms with Crippen LogP contribution in [0.15, 0.2) is 30.5 Å². The number of alkyl halides is 3. The van der Waals surface area contributed by atoms with Crippen LogP contribution in [0.25, 0.3) is 11.1 Å². The van der Waals surface area contributed by atoms with E-state index in [1.165, 1.54) is 25.2 Å². The van der Waals surface area contributed by atoms with Crippen LogP contribution in [0.3, 0.4) is 0 Å². The van der Waals surface area contributed by atoms with Crippen LogP contribution in [0.4, 0.5) is 13.2 Å². The number of aromatic nitrogens is 1. The monoisotopic (exact) mass is 339 g/mol. The molecular weight excluding hydrogens is 331 g/mol. The molecule has 0 radical (unpaired) electrons. The van der Waals surface area contributed by atoms with Crippen molar-refractivity contribution >= 4 is 17.5 Å². The van der Waals surface area contributed by atoms with Crippen molar-refractivity contribution in [2.24, 2.45) is 0 Å². The number of nitriles is 1. The third-order valence-corrected chi connectivity index (χ3v) is 3.39. The number of nitrogens with one attached hydrogen (secondary N) is 1. The molecule has 0 unspecified atom stereocenters. The minimum atomic E-state index is -4.65. The Balaban J connectivity index is 2.63. The lowest BCUT2D eigenvalue weighted by Gasteiger charge is -2.11. The van der Waals surface area contributed by atoms with Gasteiger partial charge in [-0.25, -0.2) is 0 Å². The summed E-state index contributed by atoms with van der Waals surface area (Å²) < 4.78 is 38.0. The van der Waals surface area contributed by atoms with Crippen LogP contribution in [-0.2, 0) is 6.18 Å². The first kappa shape index (κ1) is 16.8. The van der Waals surface area contributed by atoms with Crippen LogP contribution in [-0.4, -0.2) is 17.9 Å². The maximum Gasteiger partial charge on any atom is 0.433 e. The van der Waals surface area contributed by atoms with E-state index in [-0.39, 0.29) is 33.2 Å². The molecule has 4 nitrogen and oxygen atoms in total. The van der Waals surface area contributed by atoms with Crippen molar-refractivity contribution in [3.05, 3.63) is 52.3 Å². The van der Waals surface area contributed by atoms with Gasteiger partial charge >= 0.3 is 6.18 Å². The second-order valence-corrected chi connectivity index (χ2v) is 4.91. The summed E-state index contributed by atoms with van der Waals surface area (Å²) in [6.07, 6.45) is -3.73. The Bertz CT molecular complexity index is 813. The summed E-state index contributed by atoms with van der Waals surface area (Å²) in [4.78, 5) is 15.0. The Labute approximate surface area is 134 Å². The Kier molecular flexibility index (Phi) is 4.57. The van der Waals surface area contributed by atoms with Gasteiger partial charge in [-0.3, -0.25) is 9.78 Å². The highest BCUT2D eigenvalue weighted by Gasteiger charge is 2.33. The highest BCUT2D eigenvalue weighted by atomic mass is 35.5. The van der Waals surface area contributed by atoms with Crippen LogP contribution in [0.5, 0.6) is 0 Å². The fourth-order valence-electron chi connectivity index (χ4n) is 1.93. The fourth-order valence-corrected chi connectivity index (χ4v) is 2.15. The predicted molar refractivity (Wildman–Crippen MR) is 77.8 cm³/mol. The SMILES string of the molecule is CNC(=O)c1ccc(Cl)c(-c2cnc(C(F)(F)F)cc2C#N)c1. The van der Waals surface area contributed by atoms with Gasteiger partial charge in [0.2, 0.25) is 0 Å². The standard InChI is InChI=1S/C15H9ClF3N3O/c1-21-14(23)8-2-3-12(16)10(4-8)11-7-22-13(15(17,18)19)5-9(11)6-20/h2-5,7H,1H3,(H,21,23). The van der Waals surface area contributed by atoms with Gasteiger partial charge < -0.3 is 5.32 Å². The Morgan fingerprint density at radius 2 is 2.00 bits per heavy atom. The average molecular weight is 340 g/mol. The molecule has 1 heterocycles. The van der Waals surface area contributed by atoms with Crippen molar-refractivity contribution < 1.29 is 18.0 Å². The highest BCUT2D eigenvalue weighted by Crippen LogP contribution is 2.34. The molecule has 2 aromatic rings. The van der Waals surface area contributed by atoms with Crippen molar-refractivity contribution in [1.82, 2.24) is 10.3 Å². The average Bonchev–Trinajstić information content (AvgIpc) is 2.53. The van der Waals surface area contributed by atoms with Crippen LogP contribution in [0.2, 0.25) is 5.02 Å². The first-order valence-corrected chi connectivity index (χ1v) is 6.65. The fraction of sp³-hybridized carbons (Fsp3) is 0.133. The number of carbonyl (C=O) groups excluding carboxylic acids is 1. The summed E-state index contributed by atoms with van der Waals surface area (Å²) in [5.41, 5.74) is -0.767. The lowest BCUT2D eigenvalue weighted by Crippen LogP contribution is -2.17. The second-order valence-electron chi connectivity index (χ2n) is 4.50. The summed E-state index contributed by atoms with van der Waals surface area (Å²) in [7, 11) is 1.44. The van der Waals surface area contributed by atoms with Crippen LogP contribution >= 0.6 is 11.6 Å². The molecule has 1 N–H and O–H groups in total. The van der Waals surface area contributed by atoms with Crippen LogP contribution < -0.4 is 5.32 Å². The van der Waals surface area contributed by atoms with E-state index >= 15 is 0 Å². The van der Waals surface area contributed by atoms with E-state index in [1.54, 1.807) is 6.07 Å². The van der Waals surface area contributed by atoms with Gasteiger partial charge in [-0.15, -0.1) is 0 Å². The second kappa shape index (κ2) is 6.26. The number of rotatable bonds is 2. The molecule has 0 aliphatic carbocycles. The molecule has 118 valence electrons. The molecule has 0 fully saturated rings. The summed E-state index contributed by atoms with van der Waals surface area (Å²) >= 11 is 6.05. The Morgan fingerprint density at radius 3 is 2.57 bits per heavy atom. The Hall–Kier alpha value is -2.59. The number of pyridine rings is 1. The molecule has 1 aromatic carbocycles. The molecule has 2 rings (SSSR count). The third-order valence-electron chi connectivity index (χ3n) is 3.06. The number of carbonyl (C=O) groups is 1. The molecule has 0 aliphatic rings. The van der Waals surface area contributed by atoms with Crippen LogP contribution in [0, 0.1) is 11.3 Å². The molecule has 1 aromatic heterocycles. The number of benzene rings is 1. The van der Waals surface area contributed by atoms with Crippen molar-refractivity contribution in [2.45, 2.75) is 6.18 Å². The van der Waals surface area contributed by atoms with Crippen molar-refractivity contribution in [2.75, 3.05) is 7.05 Å². The molecule has 0 saturated carbocycles. The number of nitrogens with zero attached hydrogens (tertiary/aromatic N) is 2. The van der Waals surface area contributed by atoms with Gasteiger partial charge in [-0.2, -0.15) is 18.4 Å². The third kappa shape index (κ3) is 3.43. The minimum Gasteiger partial charge on any atom is -0.355 e. The summed E-state index contributed by atoms with van der Waals surface area (Å²) in [6, 6.07) is 6.64. The molecule has 0 saturated heterocycles. The zero-order chi connectivity index (χ0) is 17.2. The van der Waals surface area contributed by atoms with E-state index in [2.05, 4.69) is 10.3 Å². The van der Waals surface area contributed by atoms with E-state index < -0.39 is 11.9 Å². The maximum atomic E-state index is 12.7. The smallest absolute Gasteiger partial charge is 0.355 e.